The molecule has 1 aromatic rings. The van der Waals surface area contributed by atoms with Crippen LogP contribution in [0, 0.1) is 5.82 Å². The van der Waals surface area contributed by atoms with Crippen molar-refractivity contribution in [3.63, 3.8) is 0 Å². The molecule has 0 aliphatic carbocycles. The number of rotatable bonds is 5. The minimum atomic E-state index is -1.06. The van der Waals surface area contributed by atoms with E-state index in [0.717, 1.165) is 0 Å². The van der Waals surface area contributed by atoms with E-state index in [0.29, 0.717) is 25.9 Å². The van der Waals surface area contributed by atoms with Gasteiger partial charge in [0, 0.05) is 23.7 Å². The number of amides is 1. The first-order valence-corrected chi connectivity index (χ1v) is 8.35. The first kappa shape index (κ1) is 18.7. The van der Waals surface area contributed by atoms with Gasteiger partial charge in [-0.2, -0.15) is 0 Å². The van der Waals surface area contributed by atoms with Crippen LogP contribution >= 0.6 is 11.6 Å². The van der Waals surface area contributed by atoms with E-state index < -0.39 is 23.2 Å². The van der Waals surface area contributed by atoms with Crippen LogP contribution in [-0.2, 0) is 20.7 Å². The molecule has 1 fully saturated rings. The summed E-state index contributed by atoms with van der Waals surface area (Å²) in [5.74, 6) is -1.42. The lowest BCUT2D eigenvalue weighted by molar-refractivity contribution is -0.155. The van der Waals surface area contributed by atoms with Crippen LogP contribution in [0.2, 0.25) is 5.02 Å². The summed E-state index contributed by atoms with van der Waals surface area (Å²) in [6, 6.07) is 4.27. The highest BCUT2D eigenvalue weighted by Crippen LogP contribution is 2.25. The van der Waals surface area contributed by atoms with Gasteiger partial charge in [0.2, 0.25) is 5.91 Å². The maximum atomic E-state index is 13.9. The van der Waals surface area contributed by atoms with Crippen LogP contribution in [0.5, 0.6) is 0 Å². The third kappa shape index (κ3) is 4.24. The number of likely N-dealkylation sites (tertiary alicyclic amines) is 1. The Balaban J connectivity index is 2.14. The Hall–Kier alpha value is -1.66. The number of halogens is 2. The average Bonchev–Trinajstić information content (AvgIpc) is 2.54. The molecule has 1 N–H and O–H groups in total. The molecule has 1 aromatic carbocycles. The molecule has 2 rings (SSSR count). The second-order valence-corrected chi connectivity index (χ2v) is 6.44. The fourth-order valence-electron chi connectivity index (χ4n) is 2.82. The Morgan fingerprint density at radius 3 is 2.62 bits per heavy atom. The molecule has 7 heteroatoms. The summed E-state index contributed by atoms with van der Waals surface area (Å²) in [5, 5.41) is 2.97. The number of nitrogens with one attached hydrogen (secondary N) is 1. The minimum absolute atomic E-state index is 0.128. The molecule has 0 atom stereocenters. The number of benzene rings is 1. The summed E-state index contributed by atoms with van der Waals surface area (Å²) in [4.78, 5) is 26.9. The van der Waals surface area contributed by atoms with Crippen molar-refractivity contribution in [1.29, 1.82) is 0 Å². The zero-order valence-corrected chi connectivity index (χ0v) is 14.7. The SMILES string of the molecule is CCOC(=O)C1(NC(=O)Cc2c(F)cccc2Cl)CCN(C)CC1. The largest absolute Gasteiger partial charge is 0.464 e. The third-order valence-electron chi connectivity index (χ3n) is 4.28. The van der Waals surface area contributed by atoms with E-state index >= 15 is 0 Å². The standard InChI is InChI=1S/C17H22ClFN2O3/c1-3-24-16(23)17(7-9-21(2)10-8-17)20-15(22)11-12-13(18)5-4-6-14(12)19/h4-6H,3,7-11H2,1-2H3,(H,20,22). The van der Waals surface area contributed by atoms with Gasteiger partial charge in [0.15, 0.2) is 0 Å². The fraction of sp³-hybridized carbons (Fsp3) is 0.529. The van der Waals surface area contributed by atoms with Crippen molar-refractivity contribution in [2.45, 2.75) is 31.7 Å². The predicted octanol–water partition coefficient (Wildman–Crippen LogP) is 2.17. The van der Waals surface area contributed by atoms with Crippen molar-refractivity contribution in [2.75, 3.05) is 26.7 Å². The van der Waals surface area contributed by atoms with Gasteiger partial charge in [0.05, 0.1) is 13.0 Å². The van der Waals surface area contributed by atoms with Gasteiger partial charge in [0.1, 0.15) is 11.4 Å². The van der Waals surface area contributed by atoms with Crippen molar-refractivity contribution in [2.24, 2.45) is 0 Å². The predicted molar refractivity (Wildman–Crippen MR) is 89.4 cm³/mol. The zero-order valence-electron chi connectivity index (χ0n) is 13.9. The maximum absolute atomic E-state index is 13.9. The lowest BCUT2D eigenvalue weighted by atomic mass is 9.87. The summed E-state index contributed by atoms with van der Waals surface area (Å²) < 4.78 is 19.0. The number of hydrogen-bond donors (Lipinski definition) is 1. The second kappa shape index (κ2) is 7.94. The van der Waals surface area contributed by atoms with E-state index in [1.54, 1.807) is 6.92 Å². The van der Waals surface area contributed by atoms with E-state index in [-0.39, 0.29) is 23.6 Å². The Morgan fingerprint density at radius 2 is 2.04 bits per heavy atom. The van der Waals surface area contributed by atoms with Gasteiger partial charge in [-0.25, -0.2) is 9.18 Å². The average molecular weight is 357 g/mol. The molecule has 1 heterocycles. The third-order valence-corrected chi connectivity index (χ3v) is 4.64. The molecule has 0 aromatic heterocycles. The Labute approximate surface area is 146 Å². The lowest BCUT2D eigenvalue weighted by Crippen LogP contribution is -2.60. The molecule has 132 valence electrons. The van der Waals surface area contributed by atoms with Gasteiger partial charge in [0.25, 0.3) is 0 Å². The van der Waals surface area contributed by atoms with Crippen LogP contribution in [0.25, 0.3) is 0 Å². The number of ether oxygens (including phenoxy) is 1. The van der Waals surface area contributed by atoms with Gasteiger partial charge in [-0.05, 0) is 38.9 Å². The Bertz CT molecular complexity index is 596. The number of esters is 1. The lowest BCUT2D eigenvalue weighted by Gasteiger charge is -2.39. The molecule has 0 radical (unpaired) electrons. The van der Waals surface area contributed by atoms with Crippen molar-refractivity contribution >= 4 is 23.5 Å². The first-order valence-electron chi connectivity index (χ1n) is 7.97. The van der Waals surface area contributed by atoms with E-state index in [1.807, 2.05) is 7.05 Å². The zero-order chi connectivity index (χ0) is 17.7. The second-order valence-electron chi connectivity index (χ2n) is 6.03. The number of carbonyl (C=O) groups is 2. The molecule has 1 amide bonds. The molecule has 5 nitrogen and oxygen atoms in total. The minimum Gasteiger partial charge on any atom is -0.464 e. The highest BCUT2D eigenvalue weighted by atomic mass is 35.5. The van der Waals surface area contributed by atoms with Crippen LogP contribution in [0.3, 0.4) is 0 Å². The molecule has 24 heavy (non-hydrogen) atoms. The number of nitrogens with zero attached hydrogens (tertiary/aromatic N) is 1. The topological polar surface area (TPSA) is 58.6 Å². The summed E-state index contributed by atoms with van der Waals surface area (Å²) in [6.07, 6.45) is 0.695. The van der Waals surface area contributed by atoms with Crippen molar-refractivity contribution in [1.82, 2.24) is 10.2 Å². The van der Waals surface area contributed by atoms with Crippen LogP contribution in [-0.4, -0.2) is 49.1 Å². The number of piperidine rings is 1. The van der Waals surface area contributed by atoms with Crippen molar-refractivity contribution < 1.29 is 18.7 Å². The fourth-order valence-corrected chi connectivity index (χ4v) is 3.05. The molecular weight excluding hydrogens is 335 g/mol. The van der Waals surface area contributed by atoms with Crippen LogP contribution in [0.4, 0.5) is 4.39 Å². The van der Waals surface area contributed by atoms with Gasteiger partial charge in [-0.3, -0.25) is 4.79 Å². The van der Waals surface area contributed by atoms with Crippen LogP contribution in [0.15, 0.2) is 18.2 Å². The van der Waals surface area contributed by atoms with Gasteiger partial charge in [-0.1, -0.05) is 17.7 Å². The summed E-state index contributed by atoms with van der Waals surface area (Å²) in [5.41, 5.74) is -0.930. The Morgan fingerprint density at radius 1 is 1.38 bits per heavy atom. The highest BCUT2D eigenvalue weighted by Gasteiger charge is 2.43. The van der Waals surface area contributed by atoms with Crippen LogP contribution < -0.4 is 5.32 Å². The number of carbonyl (C=O) groups excluding carboxylic acids is 2. The first-order chi connectivity index (χ1) is 11.4. The Kier molecular flexibility index (Phi) is 6.18. The molecule has 1 saturated heterocycles. The molecule has 0 unspecified atom stereocenters. The molecule has 1 aliphatic heterocycles. The summed E-state index contributed by atoms with van der Waals surface area (Å²) >= 11 is 5.96. The molecule has 1 aliphatic rings. The highest BCUT2D eigenvalue weighted by molar-refractivity contribution is 6.31. The van der Waals surface area contributed by atoms with Crippen molar-refractivity contribution in [3.8, 4) is 0 Å². The quantitative estimate of drug-likeness (QED) is 0.821. The van der Waals surface area contributed by atoms with Gasteiger partial charge >= 0.3 is 5.97 Å². The molecule has 0 bridgehead atoms. The van der Waals surface area contributed by atoms with Crippen LogP contribution in [0.1, 0.15) is 25.3 Å². The smallest absolute Gasteiger partial charge is 0.331 e. The van der Waals surface area contributed by atoms with E-state index in [2.05, 4.69) is 10.2 Å². The normalized spacial score (nSPS) is 17.3. The molecular formula is C17H22ClFN2O3. The summed E-state index contributed by atoms with van der Waals surface area (Å²) in [6.45, 7) is 3.30. The van der Waals surface area contributed by atoms with Gasteiger partial charge < -0.3 is 15.0 Å². The van der Waals surface area contributed by atoms with E-state index in [4.69, 9.17) is 16.3 Å². The molecule has 0 saturated carbocycles. The monoisotopic (exact) mass is 356 g/mol. The maximum Gasteiger partial charge on any atom is 0.331 e. The number of hydrogen-bond acceptors (Lipinski definition) is 4. The molecule has 0 spiro atoms. The van der Waals surface area contributed by atoms with E-state index in [9.17, 15) is 14.0 Å². The van der Waals surface area contributed by atoms with Gasteiger partial charge in [-0.15, -0.1) is 0 Å². The summed E-state index contributed by atoms with van der Waals surface area (Å²) in [7, 11) is 1.95. The van der Waals surface area contributed by atoms with E-state index in [1.165, 1.54) is 18.2 Å². The van der Waals surface area contributed by atoms with Crippen molar-refractivity contribution in [3.05, 3.63) is 34.6 Å².